The molecule has 1 atom stereocenters. The summed E-state index contributed by atoms with van der Waals surface area (Å²) in [6.07, 6.45) is 1.53. The van der Waals surface area contributed by atoms with E-state index in [-0.39, 0.29) is 0 Å². The number of fused-ring (bicyclic) bond motifs is 1. The molecule has 0 aliphatic carbocycles. The second kappa shape index (κ2) is 3.30. The Labute approximate surface area is 85.6 Å². The van der Waals surface area contributed by atoms with Crippen LogP contribution in [-0.4, -0.2) is 30.8 Å². The van der Waals surface area contributed by atoms with Crippen LogP contribution in [0.5, 0.6) is 0 Å². The monoisotopic (exact) mass is 206 g/mol. The highest BCUT2D eigenvalue weighted by Crippen LogP contribution is 2.18. The van der Waals surface area contributed by atoms with Crippen LogP contribution in [0.4, 0.5) is 0 Å². The maximum absolute atomic E-state index is 10.8. The van der Waals surface area contributed by atoms with Gasteiger partial charge < -0.3 is 9.67 Å². The molecule has 0 aromatic carbocycles. The lowest BCUT2D eigenvalue weighted by molar-refractivity contribution is -0.138. The third-order valence-corrected chi connectivity index (χ3v) is 2.33. The number of nitrogens with zero attached hydrogens (tertiary/aromatic N) is 4. The van der Waals surface area contributed by atoms with Gasteiger partial charge in [-0.25, -0.2) is 4.98 Å². The van der Waals surface area contributed by atoms with Gasteiger partial charge in [-0.2, -0.15) is 5.10 Å². The van der Waals surface area contributed by atoms with Gasteiger partial charge in [0.2, 0.25) is 0 Å². The molecule has 0 saturated carbocycles. The van der Waals surface area contributed by atoms with Gasteiger partial charge in [-0.05, 0) is 13.0 Å². The van der Waals surface area contributed by atoms with Crippen LogP contribution in [-0.2, 0) is 11.8 Å². The van der Waals surface area contributed by atoms with E-state index in [1.165, 1.54) is 6.20 Å². The zero-order chi connectivity index (χ0) is 11.0. The van der Waals surface area contributed by atoms with E-state index in [9.17, 15) is 4.79 Å². The minimum absolute atomic E-state index is 0.484. The van der Waals surface area contributed by atoms with Crippen molar-refractivity contribution in [3.8, 4) is 0 Å². The molecule has 15 heavy (non-hydrogen) atoms. The molecule has 0 spiro atoms. The predicted molar refractivity (Wildman–Crippen MR) is 52.4 cm³/mol. The standard InChI is InChI=1S/C9H10N4O2/c1-5(9(14)15)7-11-6-3-4-10-12-8(6)13(7)2/h3-5H,1-2H3,(H,14,15). The molecule has 6 heteroatoms. The number of aryl methyl sites for hydroxylation is 1. The highest BCUT2D eigenvalue weighted by molar-refractivity contribution is 5.77. The summed E-state index contributed by atoms with van der Waals surface area (Å²) in [5.74, 6) is -1.07. The molecule has 0 amide bonds. The molecule has 2 aromatic heterocycles. The van der Waals surface area contributed by atoms with E-state index < -0.39 is 11.9 Å². The summed E-state index contributed by atoms with van der Waals surface area (Å²) in [7, 11) is 1.73. The van der Waals surface area contributed by atoms with Crippen LogP contribution in [0.15, 0.2) is 12.3 Å². The molecule has 2 rings (SSSR count). The highest BCUT2D eigenvalue weighted by atomic mass is 16.4. The number of aromatic nitrogens is 4. The highest BCUT2D eigenvalue weighted by Gasteiger charge is 2.20. The van der Waals surface area contributed by atoms with E-state index in [1.807, 2.05) is 0 Å². The minimum atomic E-state index is -0.902. The third-order valence-electron chi connectivity index (χ3n) is 2.33. The van der Waals surface area contributed by atoms with Gasteiger partial charge in [-0.3, -0.25) is 4.79 Å². The van der Waals surface area contributed by atoms with Crippen molar-refractivity contribution < 1.29 is 9.90 Å². The topological polar surface area (TPSA) is 80.9 Å². The van der Waals surface area contributed by atoms with E-state index in [2.05, 4.69) is 15.2 Å². The zero-order valence-corrected chi connectivity index (χ0v) is 8.38. The van der Waals surface area contributed by atoms with E-state index in [4.69, 9.17) is 5.11 Å². The van der Waals surface area contributed by atoms with Gasteiger partial charge >= 0.3 is 5.97 Å². The van der Waals surface area contributed by atoms with Gasteiger partial charge in [-0.1, -0.05) is 0 Å². The second-order valence-corrected chi connectivity index (χ2v) is 3.33. The summed E-state index contributed by atoms with van der Waals surface area (Å²) in [6.45, 7) is 1.59. The number of hydrogen-bond acceptors (Lipinski definition) is 4. The fraction of sp³-hybridized carbons (Fsp3) is 0.333. The first-order valence-electron chi connectivity index (χ1n) is 4.48. The van der Waals surface area contributed by atoms with Gasteiger partial charge in [0.1, 0.15) is 17.3 Å². The quantitative estimate of drug-likeness (QED) is 0.776. The van der Waals surface area contributed by atoms with Crippen molar-refractivity contribution in [2.45, 2.75) is 12.8 Å². The number of imidazole rings is 1. The molecule has 78 valence electrons. The Morgan fingerprint density at radius 1 is 1.60 bits per heavy atom. The molecule has 0 saturated heterocycles. The average Bonchev–Trinajstić information content (AvgIpc) is 2.56. The van der Waals surface area contributed by atoms with Crippen LogP contribution in [0.1, 0.15) is 18.7 Å². The first kappa shape index (κ1) is 9.57. The molecule has 0 bridgehead atoms. The van der Waals surface area contributed by atoms with Crippen LogP contribution in [0.25, 0.3) is 11.2 Å². The van der Waals surface area contributed by atoms with E-state index >= 15 is 0 Å². The summed E-state index contributed by atoms with van der Waals surface area (Å²) in [6, 6.07) is 1.71. The summed E-state index contributed by atoms with van der Waals surface area (Å²) in [5, 5.41) is 16.5. The van der Waals surface area contributed by atoms with Crippen LogP contribution in [0.3, 0.4) is 0 Å². The number of rotatable bonds is 2. The van der Waals surface area contributed by atoms with Crippen molar-refractivity contribution in [2.24, 2.45) is 7.05 Å². The summed E-state index contributed by atoms with van der Waals surface area (Å²) >= 11 is 0. The van der Waals surface area contributed by atoms with Gasteiger partial charge in [-0.15, -0.1) is 5.10 Å². The van der Waals surface area contributed by atoms with E-state index in [1.54, 1.807) is 24.6 Å². The molecule has 2 heterocycles. The molecular weight excluding hydrogens is 196 g/mol. The Hall–Kier alpha value is -1.98. The molecule has 0 aliphatic heterocycles. The first-order chi connectivity index (χ1) is 7.11. The lowest BCUT2D eigenvalue weighted by Crippen LogP contribution is -2.12. The number of carboxylic acids is 1. The largest absolute Gasteiger partial charge is 0.481 e. The Morgan fingerprint density at radius 2 is 2.33 bits per heavy atom. The van der Waals surface area contributed by atoms with Gasteiger partial charge in [0.05, 0.1) is 6.20 Å². The molecule has 0 aliphatic rings. The molecule has 0 fully saturated rings. The van der Waals surface area contributed by atoms with Gasteiger partial charge in [0.25, 0.3) is 0 Å². The van der Waals surface area contributed by atoms with E-state index in [0.29, 0.717) is 17.0 Å². The van der Waals surface area contributed by atoms with Crippen LogP contribution in [0.2, 0.25) is 0 Å². The van der Waals surface area contributed by atoms with Crippen molar-refractivity contribution in [2.75, 3.05) is 0 Å². The van der Waals surface area contributed by atoms with Gasteiger partial charge in [0, 0.05) is 7.05 Å². The summed E-state index contributed by atoms with van der Waals surface area (Å²) < 4.78 is 1.65. The third kappa shape index (κ3) is 1.43. The molecular formula is C9H10N4O2. The maximum Gasteiger partial charge on any atom is 0.313 e. The van der Waals surface area contributed by atoms with Crippen LogP contribution < -0.4 is 0 Å². The first-order valence-corrected chi connectivity index (χ1v) is 4.48. The molecule has 1 N–H and O–H groups in total. The Morgan fingerprint density at radius 3 is 2.93 bits per heavy atom. The lowest BCUT2D eigenvalue weighted by atomic mass is 10.2. The summed E-state index contributed by atoms with van der Waals surface area (Å²) in [4.78, 5) is 15.1. The van der Waals surface area contributed by atoms with Crippen molar-refractivity contribution in [1.82, 2.24) is 19.7 Å². The normalized spacial score (nSPS) is 12.9. The van der Waals surface area contributed by atoms with Gasteiger partial charge in [0.15, 0.2) is 5.65 Å². The Kier molecular flexibility index (Phi) is 2.11. The maximum atomic E-state index is 10.8. The number of carboxylic acid groups (broad SMARTS) is 1. The van der Waals surface area contributed by atoms with Crippen molar-refractivity contribution in [1.29, 1.82) is 0 Å². The minimum Gasteiger partial charge on any atom is -0.481 e. The fourth-order valence-corrected chi connectivity index (χ4v) is 1.45. The zero-order valence-electron chi connectivity index (χ0n) is 8.38. The Bertz CT molecular complexity index is 520. The van der Waals surface area contributed by atoms with Crippen molar-refractivity contribution in [3.63, 3.8) is 0 Å². The van der Waals surface area contributed by atoms with Crippen LogP contribution in [0, 0.1) is 0 Å². The van der Waals surface area contributed by atoms with Crippen LogP contribution >= 0.6 is 0 Å². The van der Waals surface area contributed by atoms with Crippen molar-refractivity contribution in [3.05, 3.63) is 18.1 Å². The smallest absolute Gasteiger partial charge is 0.313 e. The molecule has 6 nitrogen and oxygen atoms in total. The summed E-state index contributed by atoms with van der Waals surface area (Å²) in [5.41, 5.74) is 1.26. The Balaban J connectivity index is 2.63. The number of aliphatic carboxylic acids is 1. The molecule has 2 aromatic rings. The molecule has 1 unspecified atom stereocenters. The number of carbonyl (C=O) groups is 1. The second-order valence-electron chi connectivity index (χ2n) is 3.33. The predicted octanol–water partition coefficient (Wildman–Crippen LogP) is 0.551. The number of hydrogen-bond donors (Lipinski definition) is 1. The molecule has 0 radical (unpaired) electrons. The SMILES string of the molecule is CC(C(=O)O)c1nc2ccnnc2n1C. The fourth-order valence-electron chi connectivity index (χ4n) is 1.45. The lowest BCUT2D eigenvalue weighted by Gasteiger charge is -2.04. The van der Waals surface area contributed by atoms with E-state index in [0.717, 1.165) is 0 Å². The van der Waals surface area contributed by atoms with Crippen molar-refractivity contribution >= 4 is 17.1 Å². The average molecular weight is 206 g/mol.